The number of hydrogen-bond donors (Lipinski definition) is 0. The second kappa shape index (κ2) is 5.21. The Balaban J connectivity index is 1.70. The minimum absolute atomic E-state index is 0.0594. The van der Waals surface area contributed by atoms with Crippen molar-refractivity contribution < 1.29 is 4.79 Å². The molecule has 1 aliphatic rings. The van der Waals surface area contributed by atoms with Crippen LogP contribution in [0.4, 0.5) is 0 Å². The molecule has 19 heavy (non-hydrogen) atoms. The number of ketones is 1. The van der Waals surface area contributed by atoms with Crippen LogP contribution in [0.5, 0.6) is 0 Å². The van der Waals surface area contributed by atoms with E-state index in [1.165, 1.54) is 25.7 Å². The summed E-state index contributed by atoms with van der Waals surface area (Å²) in [6, 6.07) is 2.47. The second-order valence-electron chi connectivity index (χ2n) is 5.01. The maximum atomic E-state index is 12.1. The van der Waals surface area contributed by atoms with Gasteiger partial charge in [0.2, 0.25) is 0 Å². The molecular weight excluding hydrogens is 260 g/mol. The summed E-state index contributed by atoms with van der Waals surface area (Å²) in [6.07, 6.45) is 7.30. The van der Waals surface area contributed by atoms with Crippen molar-refractivity contribution in [3.05, 3.63) is 28.5 Å². The Morgan fingerprint density at radius 2 is 2.26 bits per heavy atom. The lowest BCUT2D eigenvalue weighted by atomic mass is 10.2. The van der Waals surface area contributed by atoms with Crippen molar-refractivity contribution in [2.24, 2.45) is 0 Å². The molecule has 0 radical (unpaired) electrons. The predicted octanol–water partition coefficient (Wildman–Crippen LogP) is 2.58. The number of carbonyl (C=O) groups is 1. The molecule has 1 saturated carbocycles. The highest BCUT2D eigenvalue weighted by Crippen LogP contribution is 2.28. The minimum atomic E-state index is 0.0594. The van der Waals surface area contributed by atoms with Crippen LogP contribution in [0.2, 0.25) is 0 Å². The number of nitrogens with zero attached hydrogens (tertiary/aromatic N) is 4. The van der Waals surface area contributed by atoms with Gasteiger partial charge in [-0.2, -0.15) is 5.10 Å². The van der Waals surface area contributed by atoms with E-state index in [9.17, 15) is 4.79 Å². The zero-order valence-electron chi connectivity index (χ0n) is 10.9. The van der Waals surface area contributed by atoms with Crippen molar-refractivity contribution in [1.29, 1.82) is 0 Å². The topological polar surface area (TPSA) is 60.7 Å². The molecule has 2 heterocycles. The van der Waals surface area contributed by atoms with Gasteiger partial charge >= 0.3 is 0 Å². The number of carbonyl (C=O) groups excluding carboxylic acids is 1. The van der Waals surface area contributed by atoms with Crippen molar-refractivity contribution in [1.82, 2.24) is 19.4 Å². The van der Waals surface area contributed by atoms with E-state index in [1.807, 2.05) is 23.9 Å². The molecule has 2 aromatic heterocycles. The van der Waals surface area contributed by atoms with Gasteiger partial charge in [0.05, 0.1) is 23.9 Å². The van der Waals surface area contributed by atoms with E-state index in [2.05, 4.69) is 14.7 Å². The smallest absolute Gasteiger partial charge is 0.182 e. The molecule has 100 valence electrons. The molecule has 0 aromatic carbocycles. The third-order valence-electron chi connectivity index (χ3n) is 3.61. The van der Waals surface area contributed by atoms with Crippen LogP contribution in [0.15, 0.2) is 12.3 Å². The Kier molecular flexibility index (Phi) is 3.42. The monoisotopic (exact) mass is 276 g/mol. The number of hydrogen-bond acceptors (Lipinski definition) is 5. The highest BCUT2D eigenvalue weighted by Gasteiger charge is 2.19. The quantitative estimate of drug-likeness (QED) is 0.805. The van der Waals surface area contributed by atoms with Crippen LogP contribution in [0.1, 0.15) is 52.8 Å². The van der Waals surface area contributed by atoms with Gasteiger partial charge in [-0.1, -0.05) is 17.3 Å². The molecule has 1 fully saturated rings. The Labute approximate surface area is 115 Å². The molecule has 0 bridgehead atoms. The van der Waals surface area contributed by atoms with E-state index < -0.39 is 0 Å². The fourth-order valence-electron chi connectivity index (χ4n) is 2.58. The first kappa shape index (κ1) is 12.5. The van der Waals surface area contributed by atoms with Crippen LogP contribution >= 0.6 is 11.5 Å². The first-order valence-corrected chi connectivity index (χ1v) is 7.37. The van der Waals surface area contributed by atoms with Gasteiger partial charge in [0.25, 0.3) is 0 Å². The zero-order chi connectivity index (χ0) is 13.2. The SMILES string of the molecule is Cc1nnsc1C(=O)Cc1ccn(C2CCCC2)n1. The van der Waals surface area contributed by atoms with E-state index in [0.29, 0.717) is 23.0 Å². The lowest BCUT2D eigenvalue weighted by Crippen LogP contribution is -2.08. The Morgan fingerprint density at radius 1 is 1.47 bits per heavy atom. The predicted molar refractivity (Wildman–Crippen MR) is 72.4 cm³/mol. The van der Waals surface area contributed by atoms with Crippen LogP contribution in [0.3, 0.4) is 0 Å². The van der Waals surface area contributed by atoms with Crippen molar-refractivity contribution in [3.8, 4) is 0 Å². The van der Waals surface area contributed by atoms with E-state index in [0.717, 1.165) is 17.2 Å². The molecule has 0 spiro atoms. The normalized spacial score (nSPS) is 16.1. The number of Topliss-reactive ketones (excluding diaryl/α,β-unsaturated/α-hetero) is 1. The lowest BCUT2D eigenvalue weighted by Gasteiger charge is -2.08. The summed E-state index contributed by atoms with van der Waals surface area (Å²) in [4.78, 5) is 12.8. The number of rotatable bonds is 4. The summed E-state index contributed by atoms with van der Waals surface area (Å²) in [5, 5.41) is 8.40. The fraction of sp³-hybridized carbons (Fsp3) is 0.538. The molecular formula is C13H16N4OS. The van der Waals surface area contributed by atoms with Crippen molar-refractivity contribution in [3.63, 3.8) is 0 Å². The van der Waals surface area contributed by atoms with Crippen molar-refractivity contribution in [2.75, 3.05) is 0 Å². The van der Waals surface area contributed by atoms with Gasteiger partial charge in [-0.3, -0.25) is 9.48 Å². The van der Waals surface area contributed by atoms with Crippen molar-refractivity contribution >= 4 is 17.3 Å². The van der Waals surface area contributed by atoms with Crippen LogP contribution in [0, 0.1) is 6.92 Å². The van der Waals surface area contributed by atoms with Crippen LogP contribution in [0.25, 0.3) is 0 Å². The molecule has 1 aliphatic carbocycles. The largest absolute Gasteiger partial charge is 0.293 e. The highest BCUT2D eigenvalue weighted by atomic mass is 32.1. The molecule has 2 aromatic rings. The van der Waals surface area contributed by atoms with Gasteiger partial charge in [-0.15, -0.1) is 5.10 Å². The van der Waals surface area contributed by atoms with Crippen LogP contribution in [-0.4, -0.2) is 25.2 Å². The minimum Gasteiger partial charge on any atom is -0.293 e. The van der Waals surface area contributed by atoms with Gasteiger partial charge in [-0.05, 0) is 37.4 Å². The zero-order valence-corrected chi connectivity index (χ0v) is 11.7. The van der Waals surface area contributed by atoms with Crippen LogP contribution < -0.4 is 0 Å². The van der Waals surface area contributed by atoms with E-state index >= 15 is 0 Å². The average molecular weight is 276 g/mol. The molecule has 0 aliphatic heterocycles. The summed E-state index contributed by atoms with van der Waals surface area (Å²) in [5.41, 5.74) is 1.55. The molecule has 5 nitrogen and oxygen atoms in total. The molecule has 3 rings (SSSR count). The Hall–Kier alpha value is -1.56. The fourth-order valence-corrected chi connectivity index (χ4v) is 3.17. The van der Waals surface area contributed by atoms with Crippen LogP contribution in [-0.2, 0) is 6.42 Å². The van der Waals surface area contributed by atoms with E-state index in [-0.39, 0.29) is 5.78 Å². The highest BCUT2D eigenvalue weighted by molar-refractivity contribution is 7.08. The average Bonchev–Trinajstić information content (AvgIpc) is 3.07. The van der Waals surface area contributed by atoms with Gasteiger partial charge in [-0.25, -0.2) is 0 Å². The van der Waals surface area contributed by atoms with Gasteiger partial charge in [0, 0.05) is 6.20 Å². The molecule has 0 unspecified atom stereocenters. The summed E-state index contributed by atoms with van der Waals surface area (Å²) in [7, 11) is 0. The molecule has 0 atom stereocenters. The number of aryl methyl sites for hydroxylation is 1. The summed E-state index contributed by atoms with van der Waals surface area (Å²) < 4.78 is 5.82. The maximum Gasteiger partial charge on any atom is 0.182 e. The Morgan fingerprint density at radius 3 is 2.95 bits per heavy atom. The standard InChI is InChI=1S/C13H16N4OS/c1-9-13(19-16-14-9)12(18)8-10-6-7-17(15-10)11-4-2-3-5-11/h6-7,11H,2-5,8H2,1H3. The lowest BCUT2D eigenvalue weighted by molar-refractivity contribution is 0.0995. The molecule has 6 heteroatoms. The molecule has 0 saturated heterocycles. The first-order valence-electron chi connectivity index (χ1n) is 6.60. The van der Waals surface area contributed by atoms with Crippen molar-refractivity contribution in [2.45, 2.75) is 45.1 Å². The van der Waals surface area contributed by atoms with E-state index in [4.69, 9.17) is 0 Å². The number of aromatic nitrogens is 4. The Bertz CT molecular complexity index is 583. The van der Waals surface area contributed by atoms with Gasteiger partial charge < -0.3 is 0 Å². The third-order valence-corrected chi connectivity index (χ3v) is 4.48. The second-order valence-corrected chi connectivity index (χ2v) is 5.77. The third kappa shape index (κ3) is 2.58. The van der Waals surface area contributed by atoms with Gasteiger partial charge in [0.1, 0.15) is 4.88 Å². The maximum absolute atomic E-state index is 12.1. The summed E-state index contributed by atoms with van der Waals surface area (Å²) >= 11 is 1.16. The summed E-state index contributed by atoms with van der Waals surface area (Å²) in [6.45, 7) is 1.81. The first-order chi connectivity index (χ1) is 9.24. The van der Waals surface area contributed by atoms with Gasteiger partial charge in [0.15, 0.2) is 5.78 Å². The molecule has 0 amide bonds. The van der Waals surface area contributed by atoms with E-state index in [1.54, 1.807) is 0 Å². The summed E-state index contributed by atoms with van der Waals surface area (Å²) in [5.74, 6) is 0.0594. The molecule has 0 N–H and O–H groups in total.